The third-order valence-corrected chi connectivity index (χ3v) is 7.51. The van der Waals surface area contributed by atoms with Crippen molar-refractivity contribution >= 4 is 34.4 Å². The summed E-state index contributed by atoms with van der Waals surface area (Å²) in [6.07, 6.45) is 9.19. The molecule has 0 radical (unpaired) electrons. The molecule has 0 atom stereocenters. The van der Waals surface area contributed by atoms with Crippen LogP contribution < -0.4 is 10.6 Å². The molecule has 2 N–H and O–H groups in total. The quantitative estimate of drug-likeness (QED) is 0.366. The number of carbonyl (C=O) groups is 1. The fourth-order valence-electron chi connectivity index (χ4n) is 5.42. The second kappa shape index (κ2) is 9.99. The van der Waals surface area contributed by atoms with E-state index in [0.717, 1.165) is 48.8 Å². The summed E-state index contributed by atoms with van der Waals surface area (Å²) >= 11 is 6.26. The van der Waals surface area contributed by atoms with Gasteiger partial charge in [0.1, 0.15) is 5.65 Å². The summed E-state index contributed by atoms with van der Waals surface area (Å²) < 4.78 is 2.31. The monoisotopic (exact) mass is 480 g/mol. The molecule has 1 aromatic carbocycles. The van der Waals surface area contributed by atoms with E-state index in [1.54, 1.807) is 6.20 Å². The van der Waals surface area contributed by atoms with Crippen LogP contribution in [0.25, 0.3) is 11.0 Å². The minimum Gasteiger partial charge on any atom is -0.335 e. The zero-order valence-electron chi connectivity index (χ0n) is 21.0. The molecular formula is C28H37ClN4O. The molecule has 0 bridgehead atoms. The number of nitrogens with one attached hydrogen (secondary N) is 2. The molecule has 1 fully saturated rings. The predicted molar refractivity (Wildman–Crippen MR) is 142 cm³/mol. The van der Waals surface area contributed by atoms with Crippen LogP contribution in [0.4, 0.5) is 10.5 Å². The van der Waals surface area contributed by atoms with E-state index in [-0.39, 0.29) is 11.6 Å². The number of carbonyl (C=O) groups excluding carboxylic acids is 1. The van der Waals surface area contributed by atoms with E-state index in [4.69, 9.17) is 16.6 Å². The van der Waals surface area contributed by atoms with Gasteiger partial charge in [-0.1, -0.05) is 77.3 Å². The van der Waals surface area contributed by atoms with Gasteiger partial charge >= 0.3 is 6.03 Å². The van der Waals surface area contributed by atoms with Crippen LogP contribution in [-0.4, -0.2) is 22.1 Å². The minimum atomic E-state index is -0.178. The first-order valence-corrected chi connectivity index (χ1v) is 13.0. The summed E-state index contributed by atoms with van der Waals surface area (Å²) in [5.41, 5.74) is 5.30. The molecular weight excluding hydrogens is 444 g/mol. The van der Waals surface area contributed by atoms with E-state index in [0.29, 0.717) is 23.4 Å². The number of fused-ring (bicyclic) bond motifs is 1. The van der Waals surface area contributed by atoms with Crippen molar-refractivity contribution in [2.45, 2.75) is 84.1 Å². The number of rotatable bonds is 7. The standard InChI is InChI=1S/C28H37ClN4O/c1-6-20-16-33(26-24(20)14-21(29)15-30-26)28(12-7-8-13-28)17-31-27(34)32-25-22(18(2)3)10-9-11-23(25)19(4)5/h9-11,14-16,18-19H,6-8,12-13,17H2,1-5H3,(H2,31,32,34). The fourth-order valence-corrected chi connectivity index (χ4v) is 5.58. The van der Waals surface area contributed by atoms with Crippen molar-refractivity contribution in [3.63, 3.8) is 0 Å². The summed E-state index contributed by atoms with van der Waals surface area (Å²) in [4.78, 5) is 17.9. The number of aryl methyl sites for hydroxylation is 1. The second-order valence-corrected chi connectivity index (χ2v) is 10.7. The Morgan fingerprint density at radius 2 is 1.79 bits per heavy atom. The van der Waals surface area contributed by atoms with Crippen LogP contribution in [-0.2, 0) is 12.0 Å². The lowest BCUT2D eigenvalue weighted by molar-refractivity contribution is 0.239. The summed E-state index contributed by atoms with van der Waals surface area (Å²) in [5, 5.41) is 8.19. The number of urea groups is 1. The number of halogens is 1. The van der Waals surface area contributed by atoms with Gasteiger partial charge in [-0.15, -0.1) is 0 Å². The Hall–Kier alpha value is -2.53. The molecule has 0 unspecified atom stereocenters. The van der Waals surface area contributed by atoms with Crippen LogP contribution in [0.3, 0.4) is 0 Å². The van der Waals surface area contributed by atoms with E-state index in [9.17, 15) is 4.79 Å². The van der Waals surface area contributed by atoms with Crippen LogP contribution in [0.1, 0.15) is 88.8 Å². The molecule has 2 aromatic heterocycles. The number of pyridine rings is 1. The molecule has 2 heterocycles. The number of para-hydroxylation sites is 1. The lowest BCUT2D eigenvalue weighted by Gasteiger charge is -2.32. The largest absolute Gasteiger partial charge is 0.335 e. The highest BCUT2D eigenvalue weighted by Crippen LogP contribution is 2.40. The van der Waals surface area contributed by atoms with Gasteiger partial charge < -0.3 is 15.2 Å². The van der Waals surface area contributed by atoms with Crippen molar-refractivity contribution in [1.29, 1.82) is 0 Å². The second-order valence-electron chi connectivity index (χ2n) is 10.3. The van der Waals surface area contributed by atoms with Gasteiger partial charge in [0.15, 0.2) is 0 Å². The SMILES string of the molecule is CCc1cn(C2(CNC(=O)Nc3c(C(C)C)cccc3C(C)C)CCCC2)c2ncc(Cl)cc12. The molecule has 1 saturated carbocycles. The van der Waals surface area contributed by atoms with Crippen molar-refractivity contribution in [3.05, 3.63) is 58.4 Å². The molecule has 3 aromatic rings. The number of nitrogens with zero attached hydrogens (tertiary/aromatic N) is 2. The first-order chi connectivity index (χ1) is 16.3. The Labute approximate surface area is 208 Å². The molecule has 6 heteroatoms. The van der Waals surface area contributed by atoms with Crippen LogP contribution in [0, 0.1) is 0 Å². The van der Waals surface area contributed by atoms with Crippen molar-refractivity contribution < 1.29 is 4.79 Å². The van der Waals surface area contributed by atoms with Crippen LogP contribution in [0.15, 0.2) is 36.7 Å². The number of hydrogen-bond acceptors (Lipinski definition) is 2. The Balaban J connectivity index is 1.61. The Kier molecular flexibility index (Phi) is 7.22. The number of amides is 2. The highest BCUT2D eigenvalue weighted by Gasteiger charge is 2.37. The molecule has 1 aliphatic rings. The zero-order valence-corrected chi connectivity index (χ0v) is 21.8. The van der Waals surface area contributed by atoms with Crippen LogP contribution in [0.2, 0.25) is 5.02 Å². The summed E-state index contributed by atoms with van der Waals surface area (Å²) in [6.45, 7) is 11.4. The summed E-state index contributed by atoms with van der Waals surface area (Å²) in [5.74, 6) is 0.651. The van der Waals surface area contributed by atoms with Gasteiger partial charge in [0.05, 0.1) is 10.6 Å². The molecule has 0 aliphatic heterocycles. The molecule has 1 aliphatic carbocycles. The van der Waals surface area contributed by atoms with Gasteiger partial charge in [0.25, 0.3) is 0 Å². The minimum absolute atomic E-state index is 0.149. The maximum absolute atomic E-state index is 13.2. The number of aromatic nitrogens is 2. The third kappa shape index (κ3) is 4.68. The first-order valence-electron chi connectivity index (χ1n) is 12.6. The average Bonchev–Trinajstić information content (AvgIpc) is 3.42. The van der Waals surface area contributed by atoms with Gasteiger partial charge in [-0.2, -0.15) is 0 Å². The first kappa shape index (κ1) is 24.6. The molecule has 34 heavy (non-hydrogen) atoms. The normalized spacial score (nSPS) is 15.4. The van der Waals surface area contributed by atoms with E-state index >= 15 is 0 Å². The Morgan fingerprint density at radius 3 is 2.38 bits per heavy atom. The average molecular weight is 481 g/mol. The Morgan fingerprint density at radius 1 is 1.15 bits per heavy atom. The zero-order chi connectivity index (χ0) is 24.5. The topological polar surface area (TPSA) is 59.0 Å². The predicted octanol–water partition coefficient (Wildman–Crippen LogP) is 7.59. The van der Waals surface area contributed by atoms with Crippen molar-refractivity contribution in [2.24, 2.45) is 0 Å². The van der Waals surface area contributed by atoms with E-state index in [2.05, 4.69) is 74.2 Å². The highest BCUT2D eigenvalue weighted by molar-refractivity contribution is 6.31. The summed E-state index contributed by atoms with van der Waals surface area (Å²) in [7, 11) is 0. The van der Waals surface area contributed by atoms with E-state index < -0.39 is 0 Å². The van der Waals surface area contributed by atoms with Crippen LogP contribution >= 0.6 is 11.6 Å². The fraction of sp³-hybridized carbons (Fsp3) is 0.500. The van der Waals surface area contributed by atoms with Crippen LogP contribution in [0.5, 0.6) is 0 Å². The third-order valence-electron chi connectivity index (χ3n) is 7.31. The smallest absolute Gasteiger partial charge is 0.319 e. The summed E-state index contributed by atoms with van der Waals surface area (Å²) in [6, 6.07) is 8.17. The number of benzene rings is 1. The molecule has 182 valence electrons. The maximum Gasteiger partial charge on any atom is 0.319 e. The van der Waals surface area contributed by atoms with Gasteiger partial charge in [-0.05, 0) is 53.9 Å². The molecule has 0 saturated heterocycles. The van der Waals surface area contributed by atoms with Gasteiger partial charge in [-0.25, -0.2) is 9.78 Å². The van der Waals surface area contributed by atoms with Gasteiger partial charge in [0, 0.05) is 30.0 Å². The maximum atomic E-state index is 13.2. The van der Waals surface area contributed by atoms with Gasteiger partial charge in [0.2, 0.25) is 0 Å². The highest BCUT2D eigenvalue weighted by atomic mass is 35.5. The Bertz CT molecular complexity index is 1150. The van der Waals surface area contributed by atoms with E-state index in [1.165, 1.54) is 16.7 Å². The van der Waals surface area contributed by atoms with Gasteiger partial charge in [-0.3, -0.25) is 0 Å². The molecule has 4 rings (SSSR count). The molecule has 0 spiro atoms. The lowest BCUT2D eigenvalue weighted by Crippen LogP contribution is -2.44. The number of hydrogen-bond donors (Lipinski definition) is 2. The van der Waals surface area contributed by atoms with Crippen molar-refractivity contribution in [1.82, 2.24) is 14.9 Å². The van der Waals surface area contributed by atoms with Crippen molar-refractivity contribution in [3.8, 4) is 0 Å². The molecule has 2 amide bonds. The van der Waals surface area contributed by atoms with Crippen molar-refractivity contribution in [2.75, 3.05) is 11.9 Å². The molecule has 5 nitrogen and oxygen atoms in total. The van der Waals surface area contributed by atoms with E-state index in [1.807, 2.05) is 6.07 Å². The number of anilines is 1. The lowest BCUT2D eigenvalue weighted by atomic mass is 9.92.